The van der Waals surface area contributed by atoms with Gasteiger partial charge in [-0.15, -0.1) is 0 Å². The number of rotatable bonds is 6. The van der Waals surface area contributed by atoms with Crippen LogP contribution in [0.1, 0.15) is 40.7 Å². The average molecular weight is 365 g/mol. The molecule has 1 N–H and O–H groups in total. The maximum atomic E-state index is 12.4. The van der Waals surface area contributed by atoms with Crippen molar-refractivity contribution < 1.29 is 19.1 Å². The van der Waals surface area contributed by atoms with Crippen molar-refractivity contribution in [1.82, 2.24) is 5.32 Å². The third-order valence-electron chi connectivity index (χ3n) is 5.09. The number of amides is 1. The molecule has 1 atom stereocenters. The molecule has 0 spiro atoms. The van der Waals surface area contributed by atoms with Crippen LogP contribution in [-0.4, -0.2) is 30.9 Å². The summed E-state index contributed by atoms with van der Waals surface area (Å²) in [5, 5.41) is 2.84. The number of fused-ring (bicyclic) bond motifs is 2. The zero-order valence-electron chi connectivity index (χ0n) is 15.2. The van der Waals surface area contributed by atoms with Gasteiger partial charge in [0.1, 0.15) is 12.7 Å². The molecule has 2 aromatic rings. The average Bonchev–Trinajstić information content (AvgIpc) is 3.18. The minimum Gasteiger partial charge on any atom is -0.486 e. The van der Waals surface area contributed by atoms with Crippen LogP contribution in [0.15, 0.2) is 42.5 Å². The van der Waals surface area contributed by atoms with Gasteiger partial charge in [-0.3, -0.25) is 9.59 Å². The number of hydrogen-bond donors (Lipinski definition) is 1. The topological polar surface area (TPSA) is 64.6 Å². The summed E-state index contributed by atoms with van der Waals surface area (Å²) in [6.07, 6.45) is 3.48. The highest BCUT2D eigenvalue weighted by atomic mass is 16.6. The smallest absolute Gasteiger partial charge is 0.220 e. The summed E-state index contributed by atoms with van der Waals surface area (Å²) in [6, 6.07) is 13.4. The molecule has 0 aromatic heterocycles. The Morgan fingerprint density at radius 2 is 1.81 bits per heavy atom. The second kappa shape index (κ2) is 7.82. The first-order valence-corrected chi connectivity index (χ1v) is 9.49. The molecule has 0 fully saturated rings. The minimum absolute atomic E-state index is 0.0195. The van der Waals surface area contributed by atoms with Crippen LogP contribution in [0.5, 0.6) is 11.5 Å². The first-order valence-electron chi connectivity index (χ1n) is 9.49. The molecule has 0 unspecified atom stereocenters. The van der Waals surface area contributed by atoms with Crippen LogP contribution in [0.4, 0.5) is 0 Å². The fourth-order valence-corrected chi connectivity index (χ4v) is 3.60. The van der Waals surface area contributed by atoms with Gasteiger partial charge < -0.3 is 14.8 Å². The zero-order chi connectivity index (χ0) is 18.6. The Labute approximate surface area is 158 Å². The Balaban J connectivity index is 1.23. The number of benzene rings is 2. The SMILES string of the molecule is O=C(CCC(=O)c1ccc2c(c1)CCC2)NC[C@@H]1COc2ccccc2O1. The molecule has 1 aliphatic carbocycles. The number of ketones is 1. The Morgan fingerprint density at radius 3 is 2.70 bits per heavy atom. The van der Waals surface area contributed by atoms with Crippen LogP contribution in [0.2, 0.25) is 0 Å². The maximum Gasteiger partial charge on any atom is 0.220 e. The lowest BCUT2D eigenvalue weighted by Gasteiger charge is -2.26. The van der Waals surface area contributed by atoms with E-state index in [1.807, 2.05) is 42.5 Å². The fourth-order valence-electron chi connectivity index (χ4n) is 3.60. The van der Waals surface area contributed by atoms with E-state index in [9.17, 15) is 9.59 Å². The molecule has 2 aliphatic rings. The monoisotopic (exact) mass is 365 g/mol. The molecule has 1 aliphatic heterocycles. The maximum absolute atomic E-state index is 12.4. The van der Waals surface area contributed by atoms with Gasteiger partial charge in [0.25, 0.3) is 0 Å². The standard InChI is InChI=1S/C22H23NO4/c24-19(17-9-8-15-4-3-5-16(15)12-17)10-11-22(25)23-13-18-14-26-20-6-1-2-7-21(20)27-18/h1-2,6-9,12,18H,3-5,10-11,13-14H2,(H,23,25)/t18-/m1/s1. The molecule has 2 aromatic carbocycles. The molecule has 0 saturated heterocycles. The van der Waals surface area contributed by atoms with Crippen molar-refractivity contribution in [2.45, 2.75) is 38.2 Å². The lowest BCUT2D eigenvalue weighted by molar-refractivity contribution is -0.121. The molecule has 27 heavy (non-hydrogen) atoms. The van der Waals surface area contributed by atoms with E-state index in [4.69, 9.17) is 9.47 Å². The molecule has 0 bridgehead atoms. The molecule has 5 nitrogen and oxygen atoms in total. The summed E-state index contributed by atoms with van der Waals surface area (Å²) < 4.78 is 11.4. The van der Waals surface area contributed by atoms with Crippen molar-refractivity contribution in [3.8, 4) is 11.5 Å². The van der Waals surface area contributed by atoms with Gasteiger partial charge in [-0.25, -0.2) is 0 Å². The molecule has 4 rings (SSSR count). The Kier molecular flexibility index (Phi) is 5.10. The molecular formula is C22H23NO4. The first kappa shape index (κ1) is 17.6. The molecule has 5 heteroatoms. The first-order chi connectivity index (χ1) is 13.2. The van der Waals surface area contributed by atoms with Crippen LogP contribution < -0.4 is 14.8 Å². The van der Waals surface area contributed by atoms with Crippen LogP contribution in [-0.2, 0) is 17.6 Å². The molecule has 1 heterocycles. The Bertz CT molecular complexity index is 861. The summed E-state index contributed by atoms with van der Waals surface area (Å²) in [6.45, 7) is 0.756. The second-order valence-electron chi connectivity index (χ2n) is 7.06. The third kappa shape index (κ3) is 4.13. The van der Waals surface area contributed by atoms with Crippen molar-refractivity contribution in [2.75, 3.05) is 13.2 Å². The lowest BCUT2D eigenvalue weighted by atomic mass is 10.0. The van der Waals surface area contributed by atoms with Gasteiger partial charge in [0.05, 0.1) is 6.54 Å². The fraction of sp³-hybridized carbons (Fsp3) is 0.364. The summed E-state index contributed by atoms with van der Waals surface area (Å²) in [5.74, 6) is 1.29. The van der Waals surface area contributed by atoms with E-state index < -0.39 is 0 Å². The molecule has 140 valence electrons. The van der Waals surface area contributed by atoms with Crippen molar-refractivity contribution in [1.29, 1.82) is 0 Å². The van der Waals surface area contributed by atoms with E-state index in [1.54, 1.807) is 0 Å². The third-order valence-corrected chi connectivity index (χ3v) is 5.09. The van der Waals surface area contributed by atoms with Gasteiger partial charge in [0.2, 0.25) is 5.91 Å². The predicted octanol–water partition coefficient (Wildman–Crippen LogP) is 3.09. The number of para-hydroxylation sites is 2. The Morgan fingerprint density at radius 1 is 1.00 bits per heavy atom. The number of carbonyl (C=O) groups excluding carboxylic acids is 2. The second-order valence-corrected chi connectivity index (χ2v) is 7.06. The summed E-state index contributed by atoms with van der Waals surface area (Å²) in [5.41, 5.74) is 3.34. The van der Waals surface area contributed by atoms with Crippen molar-refractivity contribution in [2.24, 2.45) is 0 Å². The van der Waals surface area contributed by atoms with Gasteiger partial charge >= 0.3 is 0 Å². The zero-order valence-corrected chi connectivity index (χ0v) is 15.2. The molecular weight excluding hydrogens is 342 g/mol. The summed E-state index contributed by atoms with van der Waals surface area (Å²) >= 11 is 0. The number of carbonyl (C=O) groups is 2. The van der Waals surface area contributed by atoms with Crippen LogP contribution in [0.25, 0.3) is 0 Å². The Hall–Kier alpha value is -2.82. The number of ether oxygens (including phenoxy) is 2. The van der Waals surface area contributed by atoms with E-state index >= 15 is 0 Å². The molecule has 0 saturated carbocycles. The van der Waals surface area contributed by atoms with Crippen molar-refractivity contribution in [3.63, 3.8) is 0 Å². The van der Waals surface area contributed by atoms with Gasteiger partial charge in [-0.1, -0.05) is 24.3 Å². The highest BCUT2D eigenvalue weighted by molar-refractivity contribution is 5.98. The normalized spacial score (nSPS) is 17.3. The largest absolute Gasteiger partial charge is 0.486 e. The van der Waals surface area contributed by atoms with Gasteiger partial charge in [-0.2, -0.15) is 0 Å². The minimum atomic E-state index is -0.226. The van der Waals surface area contributed by atoms with Gasteiger partial charge in [0, 0.05) is 18.4 Å². The number of Topliss-reactive ketones (excluding diaryl/α,β-unsaturated/α-hetero) is 1. The number of hydrogen-bond acceptors (Lipinski definition) is 4. The lowest BCUT2D eigenvalue weighted by Crippen LogP contribution is -2.40. The van der Waals surface area contributed by atoms with E-state index in [-0.39, 0.29) is 30.6 Å². The highest BCUT2D eigenvalue weighted by Crippen LogP contribution is 2.30. The quantitative estimate of drug-likeness (QED) is 0.799. The van der Waals surface area contributed by atoms with E-state index in [2.05, 4.69) is 5.32 Å². The van der Waals surface area contributed by atoms with Crippen LogP contribution in [0, 0.1) is 0 Å². The van der Waals surface area contributed by atoms with Crippen molar-refractivity contribution in [3.05, 3.63) is 59.2 Å². The highest BCUT2D eigenvalue weighted by Gasteiger charge is 2.21. The number of nitrogens with one attached hydrogen (secondary N) is 1. The van der Waals surface area contributed by atoms with Gasteiger partial charge in [-0.05, 0) is 48.6 Å². The predicted molar refractivity (Wildman–Crippen MR) is 101 cm³/mol. The van der Waals surface area contributed by atoms with E-state index in [0.29, 0.717) is 24.5 Å². The van der Waals surface area contributed by atoms with E-state index in [0.717, 1.165) is 25.0 Å². The van der Waals surface area contributed by atoms with E-state index in [1.165, 1.54) is 11.1 Å². The van der Waals surface area contributed by atoms with Crippen LogP contribution >= 0.6 is 0 Å². The molecule has 0 radical (unpaired) electrons. The number of aryl methyl sites for hydroxylation is 2. The van der Waals surface area contributed by atoms with Crippen LogP contribution in [0.3, 0.4) is 0 Å². The van der Waals surface area contributed by atoms with Gasteiger partial charge in [0.15, 0.2) is 17.3 Å². The summed E-state index contributed by atoms with van der Waals surface area (Å²) in [7, 11) is 0. The summed E-state index contributed by atoms with van der Waals surface area (Å²) in [4.78, 5) is 24.5. The van der Waals surface area contributed by atoms with Crippen molar-refractivity contribution >= 4 is 11.7 Å². The molecule has 1 amide bonds.